The van der Waals surface area contributed by atoms with E-state index in [1.54, 1.807) is 31.2 Å². The number of oxime groups is 1. The molecular weight excluding hydrogens is 162 g/mol. The first kappa shape index (κ1) is 8.08. The maximum absolute atomic E-state index is 8.41. The molecule has 0 saturated heterocycles. The predicted octanol–water partition coefficient (Wildman–Crippen LogP) is 2.54. The molecule has 1 aromatic rings. The number of benzene rings is 1. The lowest BCUT2D eigenvalue weighted by Gasteiger charge is -1.96. The summed E-state index contributed by atoms with van der Waals surface area (Å²) < 4.78 is 0. The van der Waals surface area contributed by atoms with E-state index in [1.807, 2.05) is 0 Å². The van der Waals surface area contributed by atoms with Gasteiger partial charge in [0.25, 0.3) is 0 Å². The zero-order valence-corrected chi connectivity index (χ0v) is 6.84. The topological polar surface area (TPSA) is 32.6 Å². The fraction of sp³-hybridized carbons (Fsp3) is 0.125. The molecule has 0 bridgehead atoms. The molecule has 3 heteroatoms. The molecule has 0 amide bonds. The summed E-state index contributed by atoms with van der Waals surface area (Å²) in [7, 11) is 0. The van der Waals surface area contributed by atoms with Crippen LogP contribution in [0.5, 0.6) is 0 Å². The lowest BCUT2D eigenvalue weighted by atomic mass is 10.1. The van der Waals surface area contributed by atoms with Crippen molar-refractivity contribution >= 4 is 17.3 Å². The van der Waals surface area contributed by atoms with Gasteiger partial charge in [0.1, 0.15) is 0 Å². The molecular formula is C8H8ClNO. The summed E-state index contributed by atoms with van der Waals surface area (Å²) in [6, 6.07) is 7.12. The van der Waals surface area contributed by atoms with Crippen molar-refractivity contribution in [1.29, 1.82) is 0 Å². The second-order valence-electron chi connectivity index (χ2n) is 2.19. The second-order valence-corrected chi connectivity index (χ2v) is 2.63. The van der Waals surface area contributed by atoms with Gasteiger partial charge in [-0.05, 0) is 24.6 Å². The van der Waals surface area contributed by atoms with Crippen molar-refractivity contribution in [2.75, 3.05) is 0 Å². The fourth-order valence-electron chi connectivity index (χ4n) is 0.749. The van der Waals surface area contributed by atoms with Crippen molar-refractivity contribution in [2.45, 2.75) is 6.92 Å². The van der Waals surface area contributed by atoms with Gasteiger partial charge in [-0.25, -0.2) is 0 Å². The van der Waals surface area contributed by atoms with Gasteiger partial charge in [-0.2, -0.15) is 0 Å². The van der Waals surface area contributed by atoms with E-state index < -0.39 is 0 Å². The Morgan fingerprint density at radius 3 is 2.36 bits per heavy atom. The van der Waals surface area contributed by atoms with E-state index in [1.165, 1.54) is 0 Å². The Hall–Kier alpha value is -1.02. The first-order valence-corrected chi connectivity index (χ1v) is 3.56. The third-order valence-electron chi connectivity index (χ3n) is 1.41. The molecule has 1 N–H and O–H groups in total. The Labute approximate surface area is 70.1 Å². The van der Waals surface area contributed by atoms with E-state index in [2.05, 4.69) is 5.16 Å². The Morgan fingerprint density at radius 1 is 1.36 bits per heavy atom. The first-order valence-electron chi connectivity index (χ1n) is 3.18. The van der Waals surface area contributed by atoms with Crippen LogP contribution in [0.25, 0.3) is 0 Å². The highest BCUT2D eigenvalue weighted by Gasteiger charge is 1.95. The van der Waals surface area contributed by atoms with E-state index in [4.69, 9.17) is 16.8 Å². The van der Waals surface area contributed by atoms with Crippen LogP contribution in [0.2, 0.25) is 5.02 Å². The third-order valence-corrected chi connectivity index (χ3v) is 1.66. The summed E-state index contributed by atoms with van der Waals surface area (Å²) in [5.74, 6) is 0. The van der Waals surface area contributed by atoms with E-state index in [0.717, 1.165) is 5.56 Å². The van der Waals surface area contributed by atoms with Gasteiger partial charge in [0.15, 0.2) is 0 Å². The average molecular weight is 170 g/mol. The normalized spacial score (nSPS) is 11.6. The molecule has 0 aliphatic rings. The minimum atomic E-state index is 0.585. The fourth-order valence-corrected chi connectivity index (χ4v) is 0.875. The van der Waals surface area contributed by atoms with E-state index >= 15 is 0 Å². The third kappa shape index (κ3) is 1.95. The van der Waals surface area contributed by atoms with Gasteiger partial charge in [-0.15, -0.1) is 0 Å². The average Bonchev–Trinajstić information content (AvgIpc) is 2.05. The first-order chi connectivity index (χ1) is 5.24. The molecule has 0 heterocycles. The highest BCUT2D eigenvalue weighted by Crippen LogP contribution is 2.09. The minimum Gasteiger partial charge on any atom is -0.411 e. The summed E-state index contributed by atoms with van der Waals surface area (Å²) in [6.07, 6.45) is 0. The molecule has 0 fully saturated rings. The largest absolute Gasteiger partial charge is 0.411 e. The predicted molar refractivity (Wildman–Crippen MR) is 45.4 cm³/mol. The van der Waals surface area contributed by atoms with Crippen molar-refractivity contribution in [3.63, 3.8) is 0 Å². The van der Waals surface area contributed by atoms with Crippen molar-refractivity contribution in [2.24, 2.45) is 5.16 Å². The minimum absolute atomic E-state index is 0.585. The number of halogens is 1. The molecule has 11 heavy (non-hydrogen) atoms. The van der Waals surface area contributed by atoms with Crippen LogP contribution in [0.1, 0.15) is 12.5 Å². The Morgan fingerprint density at radius 2 is 1.91 bits per heavy atom. The molecule has 0 aliphatic heterocycles. The van der Waals surface area contributed by atoms with Gasteiger partial charge in [0, 0.05) is 5.02 Å². The molecule has 0 radical (unpaired) electrons. The number of hydrogen-bond donors (Lipinski definition) is 1. The van der Waals surface area contributed by atoms with Gasteiger partial charge >= 0.3 is 0 Å². The molecule has 58 valence electrons. The highest BCUT2D eigenvalue weighted by atomic mass is 35.5. The highest BCUT2D eigenvalue weighted by molar-refractivity contribution is 6.30. The summed E-state index contributed by atoms with van der Waals surface area (Å²) in [6.45, 7) is 1.73. The SMILES string of the molecule is CC(=NO)c1ccc(Cl)cc1. The lowest BCUT2D eigenvalue weighted by Crippen LogP contribution is -1.92. The van der Waals surface area contributed by atoms with Crippen molar-refractivity contribution in [3.8, 4) is 0 Å². The number of rotatable bonds is 1. The summed E-state index contributed by atoms with van der Waals surface area (Å²) >= 11 is 5.66. The summed E-state index contributed by atoms with van der Waals surface area (Å²) in [5, 5.41) is 12.2. The van der Waals surface area contributed by atoms with Gasteiger partial charge in [0.2, 0.25) is 0 Å². The van der Waals surface area contributed by atoms with Crippen LogP contribution in [0.3, 0.4) is 0 Å². The monoisotopic (exact) mass is 169 g/mol. The molecule has 0 aromatic heterocycles. The lowest BCUT2D eigenvalue weighted by molar-refractivity contribution is 0.319. The molecule has 0 saturated carbocycles. The van der Waals surface area contributed by atoms with E-state index in [0.29, 0.717) is 10.7 Å². The van der Waals surface area contributed by atoms with Crippen molar-refractivity contribution in [1.82, 2.24) is 0 Å². The van der Waals surface area contributed by atoms with Crippen LogP contribution in [0, 0.1) is 0 Å². The Kier molecular flexibility index (Phi) is 2.49. The van der Waals surface area contributed by atoms with Gasteiger partial charge < -0.3 is 5.21 Å². The standard InChI is InChI=1S/C8H8ClNO/c1-6(10-11)7-2-4-8(9)5-3-7/h2-5,11H,1H3. The van der Waals surface area contributed by atoms with Crippen LogP contribution < -0.4 is 0 Å². The molecule has 0 atom stereocenters. The smallest absolute Gasteiger partial charge is 0.0836 e. The van der Waals surface area contributed by atoms with Gasteiger partial charge in [-0.1, -0.05) is 28.9 Å². The van der Waals surface area contributed by atoms with Crippen LogP contribution in [0.4, 0.5) is 0 Å². The summed E-state index contributed by atoms with van der Waals surface area (Å²) in [4.78, 5) is 0. The maximum Gasteiger partial charge on any atom is 0.0836 e. The molecule has 0 aliphatic carbocycles. The van der Waals surface area contributed by atoms with E-state index in [9.17, 15) is 0 Å². The summed E-state index contributed by atoms with van der Waals surface area (Å²) in [5.41, 5.74) is 1.46. The molecule has 0 spiro atoms. The Balaban J connectivity index is 2.99. The maximum atomic E-state index is 8.41. The van der Waals surface area contributed by atoms with Gasteiger partial charge in [0.05, 0.1) is 5.71 Å². The molecule has 0 unspecified atom stereocenters. The van der Waals surface area contributed by atoms with Crippen LogP contribution in [-0.2, 0) is 0 Å². The zero-order chi connectivity index (χ0) is 8.27. The molecule has 2 nitrogen and oxygen atoms in total. The van der Waals surface area contributed by atoms with Crippen LogP contribution in [0.15, 0.2) is 29.4 Å². The van der Waals surface area contributed by atoms with Crippen LogP contribution in [-0.4, -0.2) is 10.9 Å². The molecule has 1 rings (SSSR count). The van der Waals surface area contributed by atoms with E-state index in [-0.39, 0.29) is 0 Å². The van der Waals surface area contributed by atoms with Gasteiger partial charge in [-0.3, -0.25) is 0 Å². The number of hydrogen-bond acceptors (Lipinski definition) is 2. The quantitative estimate of drug-likeness (QED) is 0.391. The Bertz CT molecular complexity index is 266. The van der Waals surface area contributed by atoms with Crippen LogP contribution >= 0.6 is 11.6 Å². The van der Waals surface area contributed by atoms with Crippen molar-refractivity contribution < 1.29 is 5.21 Å². The second kappa shape index (κ2) is 3.39. The zero-order valence-electron chi connectivity index (χ0n) is 6.08. The number of nitrogens with zero attached hydrogens (tertiary/aromatic N) is 1. The van der Waals surface area contributed by atoms with Crippen molar-refractivity contribution in [3.05, 3.63) is 34.9 Å². The molecule has 1 aromatic carbocycles.